The number of esters is 2. The van der Waals surface area contributed by atoms with Gasteiger partial charge in [-0.25, -0.2) is 4.57 Å². The Hall–Kier alpha value is -3.11. The van der Waals surface area contributed by atoms with Crippen molar-refractivity contribution in [3.05, 3.63) is 97.2 Å². The van der Waals surface area contributed by atoms with Crippen molar-refractivity contribution in [3.63, 3.8) is 0 Å². The van der Waals surface area contributed by atoms with Gasteiger partial charge in [0.25, 0.3) is 0 Å². The van der Waals surface area contributed by atoms with Crippen molar-refractivity contribution in [2.45, 2.75) is 167 Å². The van der Waals surface area contributed by atoms with Crippen LogP contribution in [0.15, 0.2) is 97.2 Å². The summed E-state index contributed by atoms with van der Waals surface area (Å²) in [5, 5.41) is 19.2. The van der Waals surface area contributed by atoms with Crippen LogP contribution in [0.4, 0.5) is 0 Å². The molecule has 59 heavy (non-hydrogen) atoms. The molecule has 11 heteroatoms. The van der Waals surface area contributed by atoms with E-state index in [0.717, 1.165) is 77.0 Å². The molecular weight excluding hydrogens is 767 g/mol. The molecule has 0 bridgehead atoms. The molecule has 0 heterocycles. The standard InChI is InChI=1S/C48H79O10P/c1-3-5-7-9-11-13-15-17-19-21-22-24-26-28-30-32-34-36-38-40-48(52)58-46(42-50)44-56-59(53,54)55-43-45(41-49)57-47(51)39-37-35-33-31-29-27-25-23-20-18-16-14-12-10-8-6-4-2/h5,7,11-14,17-20,22,24,28,30,34,36,45-46,49-50H,3-4,6,8-10,15-16,21,23,25-27,29,31-33,35,37-44H2,1-2H3,(H,53,54)/b7-5-,13-11-,14-12-,19-17-,20-18-,24-22-,30-28-,36-34-. The van der Waals surface area contributed by atoms with E-state index in [1.165, 1.54) is 38.5 Å². The van der Waals surface area contributed by atoms with Gasteiger partial charge in [-0.15, -0.1) is 0 Å². The second-order valence-electron chi connectivity index (χ2n) is 14.3. The first kappa shape index (κ1) is 55.9. The minimum absolute atomic E-state index is 0.0609. The molecule has 0 radical (unpaired) electrons. The van der Waals surface area contributed by atoms with Crippen molar-refractivity contribution >= 4 is 19.8 Å². The van der Waals surface area contributed by atoms with E-state index in [4.69, 9.17) is 18.5 Å². The maximum atomic E-state index is 12.4. The van der Waals surface area contributed by atoms with Gasteiger partial charge >= 0.3 is 19.8 Å². The second kappa shape index (κ2) is 43.0. The lowest BCUT2D eigenvalue weighted by molar-refractivity contribution is -0.153. The number of phosphoric acid groups is 1. The fraction of sp³-hybridized carbons (Fsp3) is 0.625. The number of carbonyl (C=O) groups is 2. The lowest BCUT2D eigenvalue weighted by Gasteiger charge is -2.20. The van der Waals surface area contributed by atoms with Crippen LogP contribution in [0.25, 0.3) is 0 Å². The molecule has 0 aliphatic carbocycles. The number of carbonyl (C=O) groups excluding carboxylic acids is 2. The summed E-state index contributed by atoms with van der Waals surface area (Å²) in [7, 11) is -4.67. The van der Waals surface area contributed by atoms with Crippen LogP contribution < -0.4 is 0 Å². The average molecular weight is 847 g/mol. The topological polar surface area (TPSA) is 149 Å². The molecule has 3 atom stereocenters. The largest absolute Gasteiger partial charge is 0.472 e. The maximum absolute atomic E-state index is 12.4. The van der Waals surface area contributed by atoms with Gasteiger partial charge < -0.3 is 24.6 Å². The van der Waals surface area contributed by atoms with Gasteiger partial charge in [-0.3, -0.25) is 18.6 Å². The highest BCUT2D eigenvalue weighted by molar-refractivity contribution is 7.47. The van der Waals surface area contributed by atoms with Crippen LogP contribution in [0, 0.1) is 0 Å². The summed E-state index contributed by atoms with van der Waals surface area (Å²) < 4.78 is 32.5. The van der Waals surface area contributed by atoms with Crippen LogP contribution >= 0.6 is 7.82 Å². The van der Waals surface area contributed by atoms with E-state index < -0.39 is 58.4 Å². The Morgan fingerprint density at radius 3 is 1.25 bits per heavy atom. The summed E-state index contributed by atoms with van der Waals surface area (Å²) >= 11 is 0. The van der Waals surface area contributed by atoms with E-state index in [1.807, 2.05) is 18.2 Å². The molecule has 0 saturated heterocycles. The summed E-state index contributed by atoms with van der Waals surface area (Å²) in [6.07, 6.45) is 52.5. The third-order valence-corrected chi connectivity index (χ3v) is 9.74. The van der Waals surface area contributed by atoms with Crippen LogP contribution in [0.2, 0.25) is 0 Å². The van der Waals surface area contributed by atoms with E-state index in [1.54, 1.807) is 0 Å². The van der Waals surface area contributed by atoms with Crippen molar-refractivity contribution in [2.24, 2.45) is 0 Å². The van der Waals surface area contributed by atoms with Gasteiger partial charge in [-0.2, -0.15) is 0 Å². The van der Waals surface area contributed by atoms with E-state index in [0.29, 0.717) is 12.8 Å². The molecule has 0 aromatic rings. The molecule has 0 rings (SSSR count). The highest BCUT2D eigenvalue weighted by Crippen LogP contribution is 2.43. The fourth-order valence-electron chi connectivity index (χ4n) is 5.40. The molecule has 0 aromatic carbocycles. The predicted octanol–water partition coefficient (Wildman–Crippen LogP) is 12.0. The Morgan fingerprint density at radius 2 is 0.831 bits per heavy atom. The lowest BCUT2D eigenvalue weighted by Crippen LogP contribution is -2.28. The lowest BCUT2D eigenvalue weighted by atomic mass is 10.1. The first-order chi connectivity index (χ1) is 28.8. The van der Waals surface area contributed by atoms with Crippen LogP contribution in [0.3, 0.4) is 0 Å². The molecule has 3 unspecified atom stereocenters. The van der Waals surface area contributed by atoms with Gasteiger partial charge in [0.05, 0.1) is 26.4 Å². The number of ether oxygens (including phenoxy) is 2. The fourth-order valence-corrected chi connectivity index (χ4v) is 6.19. The van der Waals surface area contributed by atoms with Crippen LogP contribution in [0.1, 0.15) is 155 Å². The molecule has 0 saturated carbocycles. The quantitative estimate of drug-likeness (QED) is 0.0235. The van der Waals surface area contributed by atoms with E-state index in [-0.39, 0.29) is 12.8 Å². The van der Waals surface area contributed by atoms with E-state index in [2.05, 4.69) is 92.8 Å². The number of hydrogen-bond donors (Lipinski definition) is 3. The highest BCUT2D eigenvalue weighted by atomic mass is 31.2. The molecule has 0 aromatic heterocycles. The zero-order valence-electron chi connectivity index (χ0n) is 36.4. The zero-order chi connectivity index (χ0) is 43.3. The normalized spacial score (nSPS) is 14.7. The molecule has 336 valence electrons. The predicted molar refractivity (Wildman–Crippen MR) is 242 cm³/mol. The monoisotopic (exact) mass is 847 g/mol. The number of hydrogen-bond acceptors (Lipinski definition) is 9. The zero-order valence-corrected chi connectivity index (χ0v) is 37.3. The highest BCUT2D eigenvalue weighted by Gasteiger charge is 2.27. The van der Waals surface area contributed by atoms with Gasteiger partial charge in [0.2, 0.25) is 0 Å². The van der Waals surface area contributed by atoms with E-state index in [9.17, 15) is 29.3 Å². The van der Waals surface area contributed by atoms with Gasteiger partial charge in [0.15, 0.2) is 0 Å². The molecule has 0 aliphatic heterocycles. The SMILES string of the molecule is CC/C=C\C/C=C\C/C=C\C/C=C\C/C=C\C/C=C\CCC(=O)OC(CO)COP(=O)(O)OCC(CO)OC(=O)CCCCCCCCC/C=C\C/C=C\CCCCC. The molecule has 0 fully saturated rings. The van der Waals surface area contributed by atoms with Crippen LogP contribution in [-0.4, -0.2) is 65.7 Å². The number of allylic oxidation sites excluding steroid dienone is 16. The molecule has 0 amide bonds. The third kappa shape index (κ3) is 41.4. The van der Waals surface area contributed by atoms with Gasteiger partial charge in [0, 0.05) is 12.8 Å². The van der Waals surface area contributed by atoms with Crippen molar-refractivity contribution in [1.82, 2.24) is 0 Å². The summed E-state index contributed by atoms with van der Waals surface area (Å²) in [6, 6.07) is 0. The van der Waals surface area contributed by atoms with Crippen LogP contribution in [0.5, 0.6) is 0 Å². The number of phosphoric ester groups is 1. The van der Waals surface area contributed by atoms with Crippen molar-refractivity contribution in [1.29, 1.82) is 0 Å². The Balaban J connectivity index is 4.05. The van der Waals surface area contributed by atoms with Crippen LogP contribution in [-0.2, 0) is 32.7 Å². The average Bonchev–Trinajstić information content (AvgIpc) is 3.22. The summed E-state index contributed by atoms with van der Waals surface area (Å²) in [4.78, 5) is 34.5. The van der Waals surface area contributed by atoms with Gasteiger partial charge in [-0.1, -0.05) is 156 Å². The number of rotatable bonds is 40. The molecule has 10 nitrogen and oxygen atoms in total. The summed E-state index contributed by atoms with van der Waals surface area (Å²) in [6.45, 7) is 1.96. The summed E-state index contributed by atoms with van der Waals surface area (Å²) in [5.41, 5.74) is 0. The molecule has 0 spiro atoms. The first-order valence-corrected chi connectivity index (χ1v) is 23.7. The number of aliphatic hydroxyl groups excluding tert-OH is 2. The first-order valence-electron chi connectivity index (χ1n) is 22.2. The van der Waals surface area contributed by atoms with E-state index >= 15 is 0 Å². The maximum Gasteiger partial charge on any atom is 0.472 e. The van der Waals surface area contributed by atoms with Crippen molar-refractivity contribution < 1.29 is 47.8 Å². The Kier molecular flexibility index (Phi) is 40.7. The third-order valence-electron chi connectivity index (χ3n) is 8.79. The van der Waals surface area contributed by atoms with Crippen molar-refractivity contribution in [2.75, 3.05) is 26.4 Å². The second-order valence-corrected chi connectivity index (χ2v) is 15.7. The molecule has 0 aliphatic rings. The summed E-state index contributed by atoms with van der Waals surface area (Å²) in [5.74, 6) is -1.12. The van der Waals surface area contributed by atoms with Gasteiger partial charge in [0.1, 0.15) is 12.2 Å². The Bertz CT molecular complexity index is 1300. The number of aliphatic hydroxyl groups is 2. The smallest absolute Gasteiger partial charge is 0.457 e. The molecule has 3 N–H and O–H groups in total. The minimum atomic E-state index is -4.67. The Labute approximate surface area is 357 Å². The van der Waals surface area contributed by atoms with Crippen molar-refractivity contribution in [3.8, 4) is 0 Å². The van der Waals surface area contributed by atoms with Gasteiger partial charge in [-0.05, 0) is 83.5 Å². The molecular formula is C48H79O10P. The Morgan fingerprint density at radius 1 is 0.475 bits per heavy atom. The number of unbranched alkanes of at least 4 members (excludes halogenated alkanes) is 10. The minimum Gasteiger partial charge on any atom is -0.457 e.